The van der Waals surface area contributed by atoms with Crippen molar-refractivity contribution in [3.8, 4) is 5.75 Å². The molecule has 0 amide bonds. The Bertz CT molecular complexity index is 364. The minimum Gasteiger partial charge on any atom is -0.495 e. The molecule has 4 nitrogen and oxygen atoms in total. The van der Waals surface area contributed by atoms with Gasteiger partial charge in [-0.05, 0) is 12.1 Å². The van der Waals surface area contributed by atoms with Crippen molar-refractivity contribution in [3.05, 3.63) is 28.8 Å². The molecule has 0 aromatic heterocycles. The fraction of sp³-hybridized carbons (Fsp3) is 0.200. The Balaban J connectivity index is 2.99. The largest absolute Gasteiger partial charge is 0.495 e. The highest BCUT2D eigenvalue weighted by Crippen LogP contribution is 2.27. The summed E-state index contributed by atoms with van der Waals surface area (Å²) in [5.74, 6) is 0.496. The van der Waals surface area contributed by atoms with Crippen molar-refractivity contribution in [1.82, 2.24) is 0 Å². The van der Waals surface area contributed by atoms with Crippen LogP contribution < -0.4 is 4.74 Å². The van der Waals surface area contributed by atoms with E-state index in [1.807, 2.05) is 0 Å². The van der Waals surface area contributed by atoms with Crippen molar-refractivity contribution in [2.24, 2.45) is 0 Å². The van der Waals surface area contributed by atoms with Gasteiger partial charge in [0.25, 0.3) is 6.47 Å². The standard InChI is InChI=1S/C10H9ClO4/c1-14-9-3-2-7(4-8(9)11)10(5-12)15-6-13/h2-6,10H,1H3. The van der Waals surface area contributed by atoms with Gasteiger partial charge in [0.15, 0.2) is 12.4 Å². The highest BCUT2D eigenvalue weighted by Gasteiger charge is 2.12. The van der Waals surface area contributed by atoms with Gasteiger partial charge in [0.2, 0.25) is 0 Å². The number of ether oxygens (including phenoxy) is 2. The fourth-order valence-electron chi connectivity index (χ4n) is 1.11. The van der Waals surface area contributed by atoms with Crippen LogP contribution in [0.4, 0.5) is 0 Å². The molecule has 1 aromatic carbocycles. The second-order valence-corrected chi connectivity index (χ2v) is 3.09. The molecule has 1 atom stereocenters. The number of carbonyl (C=O) groups is 2. The van der Waals surface area contributed by atoms with Crippen LogP contribution in [-0.2, 0) is 14.3 Å². The van der Waals surface area contributed by atoms with Crippen LogP contribution >= 0.6 is 11.6 Å². The maximum absolute atomic E-state index is 10.6. The Morgan fingerprint density at radius 2 is 2.13 bits per heavy atom. The molecule has 15 heavy (non-hydrogen) atoms. The lowest BCUT2D eigenvalue weighted by atomic mass is 10.1. The van der Waals surface area contributed by atoms with Crippen LogP contribution in [0.15, 0.2) is 18.2 Å². The number of halogens is 1. The van der Waals surface area contributed by atoms with Crippen LogP contribution in [0.2, 0.25) is 5.02 Å². The summed E-state index contributed by atoms with van der Waals surface area (Å²) < 4.78 is 9.50. The average molecular weight is 229 g/mol. The zero-order valence-electron chi connectivity index (χ0n) is 7.98. The molecule has 0 radical (unpaired) electrons. The molecule has 0 aliphatic rings. The quantitative estimate of drug-likeness (QED) is 0.721. The Labute approximate surface area is 91.7 Å². The summed E-state index contributed by atoms with van der Waals surface area (Å²) in [6.45, 7) is 0.219. The van der Waals surface area contributed by atoms with Crippen LogP contribution in [0, 0.1) is 0 Å². The molecule has 1 aromatic rings. The lowest BCUT2D eigenvalue weighted by Crippen LogP contribution is -2.04. The van der Waals surface area contributed by atoms with E-state index in [1.54, 1.807) is 12.1 Å². The number of hydrogen-bond donors (Lipinski definition) is 0. The van der Waals surface area contributed by atoms with Crippen molar-refractivity contribution in [2.75, 3.05) is 7.11 Å². The molecule has 0 spiro atoms. The summed E-state index contributed by atoms with van der Waals surface area (Å²) >= 11 is 5.85. The molecule has 0 saturated heterocycles. The van der Waals surface area contributed by atoms with E-state index >= 15 is 0 Å². The highest BCUT2D eigenvalue weighted by atomic mass is 35.5. The fourth-order valence-corrected chi connectivity index (χ4v) is 1.37. The van der Waals surface area contributed by atoms with Crippen molar-refractivity contribution < 1.29 is 19.1 Å². The Morgan fingerprint density at radius 3 is 2.60 bits per heavy atom. The van der Waals surface area contributed by atoms with Crippen LogP contribution in [0.25, 0.3) is 0 Å². The van der Waals surface area contributed by atoms with Gasteiger partial charge in [-0.3, -0.25) is 9.59 Å². The average Bonchev–Trinajstić information content (AvgIpc) is 2.25. The smallest absolute Gasteiger partial charge is 0.294 e. The van der Waals surface area contributed by atoms with Gasteiger partial charge in [-0.25, -0.2) is 0 Å². The number of benzene rings is 1. The monoisotopic (exact) mass is 228 g/mol. The van der Waals surface area contributed by atoms with E-state index in [4.69, 9.17) is 16.3 Å². The van der Waals surface area contributed by atoms with Crippen LogP contribution in [-0.4, -0.2) is 19.9 Å². The van der Waals surface area contributed by atoms with Gasteiger partial charge in [-0.15, -0.1) is 0 Å². The van der Waals surface area contributed by atoms with Gasteiger partial charge in [0.05, 0.1) is 12.1 Å². The lowest BCUT2D eigenvalue weighted by molar-refractivity contribution is -0.139. The van der Waals surface area contributed by atoms with Crippen LogP contribution in [0.3, 0.4) is 0 Å². The second kappa shape index (κ2) is 5.36. The second-order valence-electron chi connectivity index (χ2n) is 2.68. The third kappa shape index (κ3) is 2.70. The number of hydrogen-bond acceptors (Lipinski definition) is 4. The van der Waals surface area contributed by atoms with E-state index in [2.05, 4.69) is 4.74 Å². The predicted octanol–water partition coefficient (Wildman–Crippen LogP) is 1.76. The molecule has 0 N–H and O–H groups in total. The van der Waals surface area contributed by atoms with Crippen LogP contribution in [0.1, 0.15) is 11.7 Å². The number of carbonyl (C=O) groups excluding carboxylic acids is 2. The van der Waals surface area contributed by atoms with E-state index in [9.17, 15) is 9.59 Å². The van der Waals surface area contributed by atoms with E-state index < -0.39 is 6.10 Å². The van der Waals surface area contributed by atoms with Gasteiger partial charge >= 0.3 is 0 Å². The third-order valence-corrected chi connectivity index (χ3v) is 2.13. The maximum atomic E-state index is 10.6. The Hall–Kier alpha value is -1.55. The molecule has 1 rings (SSSR count). The molecule has 1 unspecified atom stereocenters. The number of aldehydes is 1. The van der Waals surface area contributed by atoms with E-state index in [0.717, 1.165) is 0 Å². The first-order valence-electron chi connectivity index (χ1n) is 4.10. The summed E-state index contributed by atoms with van der Waals surface area (Å²) in [5.41, 5.74) is 0.503. The SMILES string of the molecule is COc1ccc(C(C=O)OC=O)cc1Cl. The number of rotatable bonds is 5. The summed E-state index contributed by atoms with van der Waals surface area (Å²) in [6.07, 6.45) is -0.405. The third-order valence-electron chi connectivity index (χ3n) is 1.83. The van der Waals surface area contributed by atoms with Crippen molar-refractivity contribution in [1.29, 1.82) is 0 Å². The molecule has 80 valence electrons. The van der Waals surface area contributed by atoms with Gasteiger partial charge in [-0.2, -0.15) is 0 Å². The molecule has 0 bridgehead atoms. The van der Waals surface area contributed by atoms with E-state index in [1.165, 1.54) is 13.2 Å². The molecule has 0 fully saturated rings. The predicted molar refractivity (Wildman–Crippen MR) is 54.0 cm³/mol. The molecule has 5 heteroatoms. The van der Waals surface area contributed by atoms with Crippen molar-refractivity contribution in [2.45, 2.75) is 6.10 Å². The minimum absolute atomic E-state index is 0.219. The topological polar surface area (TPSA) is 52.6 Å². The molecular weight excluding hydrogens is 220 g/mol. The van der Waals surface area contributed by atoms with E-state index in [0.29, 0.717) is 22.6 Å². The minimum atomic E-state index is -0.925. The molecule has 0 aliphatic heterocycles. The Kier molecular flexibility index (Phi) is 4.12. The first-order valence-corrected chi connectivity index (χ1v) is 4.48. The normalized spacial score (nSPS) is 11.6. The van der Waals surface area contributed by atoms with E-state index in [-0.39, 0.29) is 6.47 Å². The highest BCUT2D eigenvalue weighted by molar-refractivity contribution is 6.32. The molecule has 0 aliphatic carbocycles. The Morgan fingerprint density at radius 1 is 1.40 bits per heavy atom. The first-order chi connectivity index (χ1) is 7.22. The zero-order valence-corrected chi connectivity index (χ0v) is 8.73. The van der Waals surface area contributed by atoms with Gasteiger partial charge in [0.1, 0.15) is 5.75 Å². The molecule has 0 heterocycles. The van der Waals surface area contributed by atoms with Gasteiger partial charge < -0.3 is 9.47 Å². The number of methoxy groups -OCH3 is 1. The zero-order chi connectivity index (χ0) is 11.3. The summed E-state index contributed by atoms with van der Waals surface area (Å²) in [7, 11) is 1.49. The molecular formula is C10H9ClO4. The summed E-state index contributed by atoms with van der Waals surface area (Å²) in [5, 5.41) is 0.358. The lowest BCUT2D eigenvalue weighted by Gasteiger charge is -2.10. The molecule has 0 saturated carbocycles. The van der Waals surface area contributed by atoms with Crippen LogP contribution in [0.5, 0.6) is 5.75 Å². The van der Waals surface area contributed by atoms with Gasteiger partial charge in [0, 0.05) is 5.56 Å². The maximum Gasteiger partial charge on any atom is 0.294 e. The first kappa shape index (κ1) is 11.5. The van der Waals surface area contributed by atoms with Crippen molar-refractivity contribution >= 4 is 24.4 Å². The summed E-state index contributed by atoms with van der Waals surface area (Å²) in [6, 6.07) is 4.72. The van der Waals surface area contributed by atoms with Crippen molar-refractivity contribution in [3.63, 3.8) is 0 Å². The summed E-state index contributed by atoms with van der Waals surface area (Å²) in [4.78, 5) is 20.7. The van der Waals surface area contributed by atoms with Gasteiger partial charge in [-0.1, -0.05) is 17.7 Å².